The van der Waals surface area contributed by atoms with Crippen LogP contribution in [0, 0.1) is 11.7 Å². The summed E-state index contributed by atoms with van der Waals surface area (Å²) < 4.78 is 19.4. The topological polar surface area (TPSA) is 38.5 Å². The van der Waals surface area contributed by atoms with E-state index < -0.39 is 0 Å². The van der Waals surface area contributed by atoms with Crippen molar-refractivity contribution >= 4 is 10.8 Å². The zero-order chi connectivity index (χ0) is 22.3. The largest absolute Gasteiger partial charge is 0.489 e. The van der Waals surface area contributed by atoms with Gasteiger partial charge in [-0.1, -0.05) is 49.4 Å². The van der Waals surface area contributed by atoms with Crippen LogP contribution in [0.2, 0.25) is 0 Å². The predicted octanol–water partition coefficient (Wildman–Crippen LogP) is 5.94. The fourth-order valence-corrected chi connectivity index (χ4v) is 4.63. The highest BCUT2D eigenvalue weighted by Crippen LogP contribution is 2.30. The van der Waals surface area contributed by atoms with Gasteiger partial charge < -0.3 is 15.4 Å². The summed E-state index contributed by atoms with van der Waals surface area (Å²) in [5.74, 6) is 1.51. The van der Waals surface area contributed by atoms with Gasteiger partial charge >= 0.3 is 0 Å². The molecule has 1 fully saturated rings. The number of hydrogen-bond acceptors (Lipinski definition) is 3. The Balaban J connectivity index is 1.41. The van der Waals surface area contributed by atoms with Crippen molar-refractivity contribution in [1.29, 1.82) is 0 Å². The van der Waals surface area contributed by atoms with Gasteiger partial charge in [-0.25, -0.2) is 4.39 Å². The van der Waals surface area contributed by atoms with E-state index in [2.05, 4.69) is 42.2 Å². The van der Waals surface area contributed by atoms with E-state index in [-0.39, 0.29) is 11.9 Å². The van der Waals surface area contributed by atoms with Crippen LogP contribution in [0.25, 0.3) is 10.8 Å². The fraction of sp³-hybridized carbons (Fsp3) is 0.429. The molecule has 32 heavy (non-hydrogen) atoms. The molecule has 1 atom stereocenters. The monoisotopic (exact) mass is 434 g/mol. The maximum absolute atomic E-state index is 13.2. The van der Waals surface area contributed by atoms with Crippen molar-refractivity contribution in [2.24, 2.45) is 11.7 Å². The van der Waals surface area contributed by atoms with Crippen molar-refractivity contribution < 1.29 is 9.13 Å². The molecule has 0 saturated carbocycles. The molecule has 1 unspecified atom stereocenters. The highest BCUT2D eigenvalue weighted by molar-refractivity contribution is 5.87. The number of piperidine rings is 1. The van der Waals surface area contributed by atoms with Gasteiger partial charge in [-0.2, -0.15) is 0 Å². The van der Waals surface area contributed by atoms with E-state index in [4.69, 9.17) is 10.5 Å². The molecule has 0 radical (unpaired) electrons. The second-order valence-electron chi connectivity index (χ2n) is 9.31. The molecule has 170 valence electrons. The van der Waals surface area contributed by atoms with Gasteiger partial charge in [0.1, 0.15) is 18.2 Å². The smallest absolute Gasteiger partial charge is 0.123 e. The van der Waals surface area contributed by atoms with Crippen molar-refractivity contribution in [1.82, 2.24) is 4.90 Å². The van der Waals surface area contributed by atoms with E-state index in [0.29, 0.717) is 6.61 Å². The first-order valence-corrected chi connectivity index (χ1v) is 11.9. The third-order valence-corrected chi connectivity index (χ3v) is 6.70. The Kier molecular flexibility index (Phi) is 7.77. The molecule has 0 aromatic heterocycles. The van der Waals surface area contributed by atoms with Crippen molar-refractivity contribution in [2.45, 2.75) is 51.7 Å². The zero-order valence-corrected chi connectivity index (χ0v) is 19.1. The van der Waals surface area contributed by atoms with Crippen molar-refractivity contribution in [3.63, 3.8) is 0 Å². The zero-order valence-electron chi connectivity index (χ0n) is 19.1. The second kappa shape index (κ2) is 10.9. The van der Waals surface area contributed by atoms with Crippen LogP contribution >= 0.6 is 0 Å². The molecule has 4 rings (SSSR count). The van der Waals surface area contributed by atoms with Gasteiger partial charge in [-0.15, -0.1) is 0 Å². The number of fused-ring (bicyclic) bond motifs is 1. The van der Waals surface area contributed by atoms with E-state index in [1.165, 1.54) is 54.4 Å². The Morgan fingerprint density at radius 2 is 1.78 bits per heavy atom. The van der Waals surface area contributed by atoms with Crippen LogP contribution in [0.4, 0.5) is 4.39 Å². The summed E-state index contributed by atoms with van der Waals surface area (Å²) in [5, 5.41) is 2.40. The normalized spacial score (nSPS) is 16.3. The van der Waals surface area contributed by atoms with E-state index in [9.17, 15) is 4.39 Å². The lowest BCUT2D eigenvalue weighted by Crippen LogP contribution is -2.34. The first kappa shape index (κ1) is 22.8. The highest BCUT2D eigenvalue weighted by atomic mass is 19.1. The molecule has 0 bridgehead atoms. The van der Waals surface area contributed by atoms with Crippen LogP contribution in [0.3, 0.4) is 0 Å². The second-order valence-corrected chi connectivity index (χ2v) is 9.31. The summed E-state index contributed by atoms with van der Waals surface area (Å²) >= 11 is 0. The summed E-state index contributed by atoms with van der Waals surface area (Å²) in [7, 11) is 0. The number of benzene rings is 3. The average Bonchev–Trinajstić information content (AvgIpc) is 2.81. The minimum atomic E-state index is -0.231. The van der Waals surface area contributed by atoms with Crippen LogP contribution in [0.15, 0.2) is 60.7 Å². The summed E-state index contributed by atoms with van der Waals surface area (Å²) in [4.78, 5) is 2.59. The Morgan fingerprint density at radius 3 is 2.56 bits per heavy atom. The highest BCUT2D eigenvalue weighted by Gasteiger charge is 2.17. The van der Waals surface area contributed by atoms with E-state index in [1.54, 1.807) is 12.1 Å². The molecule has 1 aliphatic heterocycles. The number of rotatable bonds is 9. The Hall–Kier alpha value is -2.43. The Morgan fingerprint density at radius 1 is 1.03 bits per heavy atom. The lowest BCUT2D eigenvalue weighted by molar-refractivity contribution is 0.188. The number of likely N-dealkylation sites (tertiary alicyclic amines) is 1. The first-order chi connectivity index (χ1) is 15.6. The average molecular weight is 435 g/mol. The molecular weight excluding hydrogens is 399 g/mol. The summed E-state index contributed by atoms with van der Waals surface area (Å²) in [6.45, 7) is 6.35. The predicted molar refractivity (Wildman–Crippen MR) is 130 cm³/mol. The Labute approximate surface area is 191 Å². The van der Waals surface area contributed by atoms with Gasteiger partial charge in [0.05, 0.1) is 0 Å². The third kappa shape index (κ3) is 6.08. The van der Waals surface area contributed by atoms with Gasteiger partial charge in [0, 0.05) is 11.6 Å². The number of nitrogens with two attached hydrogens (primary N) is 1. The molecule has 3 aromatic rings. The van der Waals surface area contributed by atoms with Crippen molar-refractivity contribution in [3.05, 3.63) is 77.6 Å². The molecule has 4 heteroatoms. The van der Waals surface area contributed by atoms with Gasteiger partial charge in [-0.3, -0.25) is 0 Å². The molecule has 0 aliphatic carbocycles. The summed E-state index contributed by atoms with van der Waals surface area (Å²) in [6.07, 6.45) is 5.56. The summed E-state index contributed by atoms with van der Waals surface area (Å²) in [5.41, 5.74) is 8.73. The van der Waals surface area contributed by atoms with Gasteiger partial charge in [0.15, 0.2) is 0 Å². The molecule has 2 N–H and O–H groups in total. The molecular formula is C28H35FN2O. The molecule has 0 spiro atoms. The quantitative estimate of drug-likeness (QED) is 0.453. The van der Waals surface area contributed by atoms with Crippen LogP contribution in [0.5, 0.6) is 5.75 Å². The lowest BCUT2D eigenvalue weighted by atomic mass is 9.95. The van der Waals surface area contributed by atoms with Crippen LogP contribution in [0.1, 0.15) is 43.7 Å². The van der Waals surface area contributed by atoms with Crippen molar-refractivity contribution in [2.75, 3.05) is 19.6 Å². The Bertz CT molecular complexity index is 996. The van der Waals surface area contributed by atoms with Gasteiger partial charge in [0.25, 0.3) is 0 Å². The van der Waals surface area contributed by atoms with Crippen LogP contribution < -0.4 is 10.5 Å². The number of ether oxygens (including phenoxy) is 1. The molecule has 1 aliphatic rings. The maximum Gasteiger partial charge on any atom is 0.123 e. The van der Waals surface area contributed by atoms with Crippen LogP contribution in [-0.2, 0) is 13.0 Å². The van der Waals surface area contributed by atoms with Gasteiger partial charge in [-0.05, 0) is 92.2 Å². The molecule has 1 saturated heterocycles. The third-order valence-electron chi connectivity index (χ3n) is 6.70. The standard InChI is InChI=1S/C28H35FN2O/c1-21-14-17-31(18-15-21)16-4-6-25(30)19-27-26-7-3-2-5-23(26)10-13-28(27)32-20-22-8-11-24(29)12-9-22/h2-3,5,7-13,21,25H,4,6,14-20,30H2,1H3. The molecule has 0 amide bonds. The minimum absolute atomic E-state index is 0.0951. The lowest BCUT2D eigenvalue weighted by Gasteiger charge is -2.30. The first-order valence-electron chi connectivity index (χ1n) is 11.9. The molecule has 1 heterocycles. The summed E-state index contributed by atoms with van der Waals surface area (Å²) in [6, 6.07) is 19.1. The van der Waals surface area contributed by atoms with E-state index in [0.717, 1.165) is 43.0 Å². The number of nitrogens with zero attached hydrogens (tertiary/aromatic N) is 1. The molecule has 3 nitrogen and oxygen atoms in total. The van der Waals surface area contributed by atoms with Crippen molar-refractivity contribution in [3.8, 4) is 5.75 Å². The maximum atomic E-state index is 13.2. The van der Waals surface area contributed by atoms with Crippen LogP contribution in [-0.4, -0.2) is 30.6 Å². The minimum Gasteiger partial charge on any atom is -0.489 e. The fourth-order valence-electron chi connectivity index (χ4n) is 4.63. The number of halogens is 1. The SMILES string of the molecule is CC1CCN(CCCC(N)Cc2c(OCc3ccc(F)cc3)ccc3ccccc23)CC1. The van der Waals surface area contributed by atoms with E-state index >= 15 is 0 Å². The van der Waals surface area contributed by atoms with Gasteiger partial charge in [0.2, 0.25) is 0 Å². The molecule has 3 aromatic carbocycles. The van der Waals surface area contributed by atoms with E-state index in [1.807, 2.05) is 6.07 Å². The number of hydrogen-bond donors (Lipinski definition) is 1.